The second-order valence-corrected chi connectivity index (χ2v) is 6.22. The molecule has 1 N–H and O–H groups in total. The SMILES string of the molecule is C=C(Cl)CN1C(=O)c2ccc(C(=O)O)cc2S1(=O)=O. The summed E-state index contributed by atoms with van der Waals surface area (Å²) in [6.07, 6.45) is 0. The van der Waals surface area contributed by atoms with Crippen molar-refractivity contribution >= 4 is 33.5 Å². The smallest absolute Gasteiger partial charge is 0.335 e. The van der Waals surface area contributed by atoms with Gasteiger partial charge in [0, 0.05) is 5.03 Å². The summed E-state index contributed by atoms with van der Waals surface area (Å²) < 4.78 is 24.8. The van der Waals surface area contributed by atoms with Gasteiger partial charge >= 0.3 is 5.97 Å². The lowest BCUT2D eigenvalue weighted by Crippen LogP contribution is -2.31. The molecule has 0 fully saturated rings. The van der Waals surface area contributed by atoms with Gasteiger partial charge in [0.2, 0.25) is 0 Å². The Morgan fingerprint density at radius 1 is 1.42 bits per heavy atom. The highest BCUT2D eigenvalue weighted by atomic mass is 35.5. The van der Waals surface area contributed by atoms with Crippen LogP contribution in [0.15, 0.2) is 34.7 Å². The normalized spacial score (nSPS) is 16.3. The number of sulfonamides is 1. The van der Waals surface area contributed by atoms with Gasteiger partial charge in [0.15, 0.2) is 0 Å². The molecule has 0 radical (unpaired) electrons. The molecule has 0 spiro atoms. The highest BCUT2D eigenvalue weighted by Crippen LogP contribution is 2.31. The van der Waals surface area contributed by atoms with E-state index in [1.165, 1.54) is 12.1 Å². The summed E-state index contributed by atoms with van der Waals surface area (Å²) in [5.41, 5.74) is -0.274. The van der Waals surface area contributed by atoms with Crippen LogP contribution < -0.4 is 0 Å². The minimum Gasteiger partial charge on any atom is -0.478 e. The number of carboxylic acid groups (broad SMARTS) is 1. The van der Waals surface area contributed by atoms with Crippen LogP contribution in [-0.2, 0) is 10.0 Å². The van der Waals surface area contributed by atoms with Gasteiger partial charge in [-0.05, 0) is 18.2 Å². The first-order chi connectivity index (χ1) is 8.75. The zero-order chi connectivity index (χ0) is 14.4. The molecule has 1 aromatic rings. The highest BCUT2D eigenvalue weighted by molar-refractivity contribution is 7.90. The van der Waals surface area contributed by atoms with E-state index in [2.05, 4.69) is 6.58 Å². The summed E-state index contributed by atoms with van der Waals surface area (Å²) in [6.45, 7) is 2.99. The molecule has 6 nitrogen and oxygen atoms in total. The van der Waals surface area contributed by atoms with E-state index in [1.54, 1.807) is 0 Å². The molecule has 0 bridgehead atoms. The lowest BCUT2D eigenvalue weighted by atomic mass is 10.1. The summed E-state index contributed by atoms with van der Waals surface area (Å²) in [6, 6.07) is 3.31. The Morgan fingerprint density at radius 2 is 2.05 bits per heavy atom. The maximum Gasteiger partial charge on any atom is 0.335 e. The number of fused-ring (bicyclic) bond motifs is 1. The number of carbonyl (C=O) groups excluding carboxylic acids is 1. The molecule has 2 rings (SSSR count). The molecule has 100 valence electrons. The molecule has 1 heterocycles. The fourth-order valence-electron chi connectivity index (χ4n) is 1.72. The third-order valence-electron chi connectivity index (χ3n) is 2.57. The van der Waals surface area contributed by atoms with Crippen LogP contribution in [0.25, 0.3) is 0 Å². The lowest BCUT2D eigenvalue weighted by Gasteiger charge is -2.13. The molecule has 0 saturated heterocycles. The quantitative estimate of drug-likeness (QED) is 0.908. The molecule has 0 unspecified atom stereocenters. The van der Waals surface area contributed by atoms with Crippen molar-refractivity contribution < 1.29 is 23.1 Å². The van der Waals surface area contributed by atoms with Crippen molar-refractivity contribution in [3.8, 4) is 0 Å². The van der Waals surface area contributed by atoms with E-state index in [9.17, 15) is 18.0 Å². The molecular weight excluding hydrogens is 294 g/mol. The van der Waals surface area contributed by atoms with E-state index in [0.29, 0.717) is 4.31 Å². The summed E-state index contributed by atoms with van der Waals surface area (Å²) in [5.74, 6) is -2.01. The van der Waals surface area contributed by atoms with E-state index in [-0.39, 0.29) is 27.6 Å². The predicted molar refractivity (Wildman–Crippen MR) is 66.6 cm³/mol. The molecule has 0 aliphatic carbocycles. The van der Waals surface area contributed by atoms with E-state index in [0.717, 1.165) is 6.07 Å². The number of halogens is 1. The van der Waals surface area contributed by atoms with Crippen LogP contribution in [0.4, 0.5) is 0 Å². The number of aromatic carboxylic acids is 1. The van der Waals surface area contributed by atoms with E-state index in [4.69, 9.17) is 16.7 Å². The van der Waals surface area contributed by atoms with E-state index < -0.39 is 21.9 Å². The maximum atomic E-state index is 12.1. The maximum absolute atomic E-state index is 12.1. The number of hydrogen-bond donors (Lipinski definition) is 1. The Bertz CT molecular complexity index is 710. The zero-order valence-corrected chi connectivity index (χ0v) is 11.0. The number of benzene rings is 1. The second-order valence-electron chi connectivity index (χ2n) is 3.85. The van der Waals surface area contributed by atoms with Gasteiger partial charge in [-0.25, -0.2) is 17.5 Å². The summed E-state index contributed by atoms with van der Waals surface area (Å²) in [4.78, 5) is 22.4. The minimum absolute atomic E-state index is 0.0109. The van der Waals surface area contributed by atoms with Crippen molar-refractivity contribution in [1.29, 1.82) is 0 Å². The van der Waals surface area contributed by atoms with Crippen molar-refractivity contribution in [1.82, 2.24) is 4.31 Å². The molecular formula is C11H8ClNO5S. The Labute approximate surface area is 114 Å². The van der Waals surface area contributed by atoms with Gasteiger partial charge in [0.1, 0.15) is 4.90 Å². The van der Waals surface area contributed by atoms with Crippen molar-refractivity contribution in [2.24, 2.45) is 0 Å². The average Bonchev–Trinajstić information content (AvgIpc) is 2.50. The summed E-state index contributed by atoms with van der Waals surface area (Å²) in [5, 5.41) is 8.82. The second kappa shape index (κ2) is 4.36. The van der Waals surface area contributed by atoms with Crippen molar-refractivity contribution in [2.45, 2.75) is 4.90 Å². The number of hydrogen-bond acceptors (Lipinski definition) is 4. The first-order valence-electron chi connectivity index (χ1n) is 5.03. The van der Waals surface area contributed by atoms with Gasteiger partial charge in [0.05, 0.1) is 17.7 Å². The van der Waals surface area contributed by atoms with E-state index in [1.807, 2.05) is 0 Å². The number of amides is 1. The van der Waals surface area contributed by atoms with Crippen LogP contribution in [-0.4, -0.2) is 36.3 Å². The summed E-state index contributed by atoms with van der Waals surface area (Å²) >= 11 is 5.53. The largest absolute Gasteiger partial charge is 0.478 e. The van der Waals surface area contributed by atoms with Crippen LogP contribution in [0.1, 0.15) is 20.7 Å². The molecule has 0 aromatic heterocycles. The third-order valence-corrected chi connectivity index (χ3v) is 4.46. The van der Waals surface area contributed by atoms with Gasteiger partial charge in [-0.2, -0.15) is 0 Å². The van der Waals surface area contributed by atoms with Gasteiger partial charge in [-0.15, -0.1) is 0 Å². The molecule has 1 amide bonds. The van der Waals surface area contributed by atoms with Crippen LogP contribution in [0.5, 0.6) is 0 Å². The van der Waals surface area contributed by atoms with E-state index >= 15 is 0 Å². The molecule has 8 heteroatoms. The fourth-order valence-corrected chi connectivity index (χ4v) is 3.50. The summed E-state index contributed by atoms with van der Waals surface area (Å²) in [7, 11) is -4.07. The van der Waals surface area contributed by atoms with Crippen molar-refractivity contribution in [2.75, 3.05) is 6.54 Å². The molecule has 19 heavy (non-hydrogen) atoms. The predicted octanol–water partition coefficient (Wildman–Crippen LogP) is 1.28. The first kappa shape index (κ1) is 13.6. The molecule has 1 aliphatic rings. The van der Waals surface area contributed by atoms with Gasteiger partial charge in [-0.1, -0.05) is 18.2 Å². The Kier molecular flexibility index (Phi) is 3.11. The number of rotatable bonds is 3. The van der Waals surface area contributed by atoms with Gasteiger partial charge in [0.25, 0.3) is 15.9 Å². The van der Waals surface area contributed by atoms with Crippen molar-refractivity contribution in [3.05, 3.63) is 40.9 Å². The minimum atomic E-state index is -4.07. The zero-order valence-electron chi connectivity index (χ0n) is 9.46. The van der Waals surface area contributed by atoms with Crippen LogP contribution in [0, 0.1) is 0 Å². The number of carbonyl (C=O) groups is 2. The fraction of sp³-hybridized carbons (Fsp3) is 0.0909. The topological polar surface area (TPSA) is 91.8 Å². The first-order valence-corrected chi connectivity index (χ1v) is 6.84. The number of nitrogens with zero attached hydrogens (tertiary/aromatic N) is 1. The Hall–Kier alpha value is -1.86. The number of carboxylic acids is 1. The van der Waals surface area contributed by atoms with Crippen molar-refractivity contribution in [3.63, 3.8) is 0 Å². The molecule has 1 aromatic carbocycles. The van der Waals surface area contributed by atoms with Gasteiger partial charge < -0.3 is 5.11 Å². The van der Waals surface area contributed by atoms with Crippen LogP contribution in [0.3, 0.4) is 0 Å². The molecule has 0 saturated carbocycles. The standard InChI is InChI=1S/C11H8ClNO5S/c1-6(12)5-13-10(14)8-3-2-7(11(15)16)4-9(8)19(13,17)18/h2-4H,1,5H2,(H,15,16). The highest BCUT2D eigenvalue weighted by Gasteiger charge is 2.41. The molecule has 1 aliphatic heterocycles. The van der Waals surface area contributed by atoms with Crippen LogP contribution >= 0.6 is 11.6 Å². The Balaban J connectivity index is 2.61. The lowest BCUT2D eigenvalue weighted by molar-refractivity contribution is 0.0695. The Morgan fingerprint density at radius 3 is 2.58 bits per heavy atom. The average molecular weight is 302 g/mol. The third kappa shape index (κ3) is 2.11. The van der Waals surface area contributed by atoms with Crippen LogP contribution in [0.2, 0.25) is 0 Å². The molecule has 0 atom stereocenters. The monoisotopic (exact) mass is 301 g/mol. The van der Waals surface area contributed by atoms with Gasteiger partial charge in [-0.3, -0.25) is 4.79 Å².